The number of sulfonamides is 1. The quantitative estimate of drug-likeness (QED) is 0.561. The molecule has 1 heterocycles. The molecule has 1 amide bonds. The van der Waals surface area contributed by atoms with Gasteiger partial charge in [0.2, 0.25) is 5.91 Å². The Morgan fingerprint density at radius 3 is 2.63 bits per heavy atom. The van der Waals surface area contributed by atoms with Gasteiger partial charge in [-0.3, -0.25) is 4.79 Å². The van der Waals surface area contributed by atoms with Crippen LogP contribution in [0, 0.1) is 0 Å². The largest absolute Gasteiger partial charge is 0.508 e. The molecule has 0 spiro atoms. The van der Waals surface area contributed by atoms with E-state index < -0.39 is 10.0 Å². The summed E-state index contributed by atoms with van der Waals surface area (Å²) in [5.74, 6) is 0.0570. The van der Waals surface area contributed by atoms with Crippen LogP contribution in [0.5, 0.6) is 5.75 Å². The zero-order valence-corrected chi connectivity index (χ0v) is 17.8. The fraction of sp³-hybridized carbons (Fsp3) is 0.286. The first kappa shape index (κ1) is 21.5. The highest BCUT2D eigenvalue weighted by atomic mass is 32.2. The Morgan fingerprint density at radius 2 is 1.93 bits per heavy atom. The first-order valence-corrected chi connectivity index (χ1v) is 10.9. The van der Waals surface area contributed by atoms with Gasteiger partial charge in [0.05, 0.1) is 12.8 Å². The van der Waals surface area contributed by atoms with Gasteiger partial charge in [0.1, 0.15) is 10.6 Å². The topological polar surface area (TPSA) is 111 Å². The van der Waals surface area contributed by atoms with E-state index in [4.69, 9.17) is 0 Å². The molecule has 3 rings (SSSR count). The van der Waals surface area contributed by atoms with Crippen LogP contribution in [-0.4, -0.2) is 48.6 Å². The second kappa shape index (κ2) is 8.27. The molecular formula is C21H24N4O4S. The van der Waals surface area contributed by atoms with Crippen molar-refractivity contribution in [3.8, 4) is 5.75 Å². The molecule has 0 saturated carbocycles. The lowest BCUT2D eigenvalue weighted by molar-refractivity contribution is -0.122. The number of hydrogen-bond acceptors (Lipinski definition) is 6. The molecule has 0 radical (unpaired) electrons. The Kier molecular flexibility index (Phi) is 5.93. The minimum atomic E-state index is -3.82. The third-order valence-corrected chi connectivity index (χ3v) is 5.46. The molecule has 8 nitrogen and oxygen atoms in total. The Labute approximate surface area is 176 Å². The molecule has 0 aliphatic carbocycles. The molecule has 0 atom stereocenters. The van der Waals surface area contributed by atoms with E-state index in [0.29, 0.717) is 11.1 Å². The van der Waals surface area contributed by atoms with Crippen molar-refractivity contribution in [1.82, 2.24) is 10.3 Å². The minimum absolute atomic E-state index is 0.0844. The number of phenolic OH excluding ortho intramolecular Hbond substituents is 1. The molecular weight excluding hydrogens is 404 g/mol. The molecule has 2 N–H and O–H groups in total. The first-order valence-electron chi connectivity index (χ1n) is 9.41. The van der Waals surface area contributed by atoms with Crippen molar-refractivity contribution in [2.75, 3.05) is 6.54 Å². The van der Waals surface area contributed by atoms with Gasteiger partial charge in [0.15, 0.2) is 5.84 Å². The molecule has 0 saturated heterocycles. The summed E-state index contributed by atoms with van der Waals surface area (Å²) in [6.45, 7) is 5.77. The number of amides is 1. The highest BCUT2D eigenvalue weighted by Crippen LogP contribution is 2.27. The van der Waals surface area contributed by atoms with Crippen LogP contribution >= 0.6 is 0 Å². The van der Waals surface area contributed by atoms with Crippen LogP contribution in [0.1, 0.15) is 38.3 Å². The first-order chi connectivity index (χ1) is 14.0. The number of rotatable bonds is 5. The lowest BCUT2D eigenvalue weighted by atomic mass is 10.1. The maximum absolute atomic E-state index is 12.4. The van der Waals surface area contributed by atoms with Gasteiger partial charge in [-0.2, -0.15) is 13.5 Å². The van der Waals surface area contributed by atoms with Crippen molar-refractivity contribution in [1.29, 1.82) is 0 Å². The molecule has 0 unspecified atom stereocenters. The molecule has 30 heavy (non-hydrogen) atoms. The smallest absolute Gasteiger partial charge is 0.285 e. The van der Waals surface area contributed by atoms with Gasteiger partial charge < -0.3 is 10.4 Å². The number of phenols is 1. The Morgan fingerprint density at radius 1 is 1.20 bits per heavy atom. The molecule has 0 fully saturated rings. The number of hydrazone groups is 1. The minimum Gasteiger partial charge on any atom is -0.508 e. The van der Waals surface area contributed by atoms with Gasteiger partial charge in [0, 0.05) is 17.5 Å². The van der Waals surface area contributed by atoms with Crippen molar-refractivity contribution >= 4 is 28.0 Å². The standard InChI is InChI=1S/C21H24N4O4S/c1-21(2,3)23-19(27)11-12-25(22-14-15-7-6-8-16(26)13-15)20-17-9-4-5-10-18(17)30(28,29)24-20/h4-10,13-14,26H,11-12H2,1-3H3,(H,23,27)/b22-14+. The van der Waals surface area contributed by atoms with E-state index >= 15 is 0 Å². The van der Waals surface area contributed by atoms with Crippen LogP contribution in [0.3, 0.4) is 0 Å². The summed E-state index contributed by atoms with van der Waals surface area (Å²) < 4.78 is 28.8. The van der Waals surface area contributed by atoms with E-state index in [2.05, 4.69) is 14.8 Å². The van der Waals surface area contributed by atoms with Crippen molar-refractivity contribution in [3.63, 3.8) is 0 Å². The van der Waals surface area contributed by atoms with Gasteiger partial charge in [-0.1, -0.05) is 24.3 Å². The summed E-state index contributed by atoms with van der Waals surface area (Å²) in [6.07, 6.45) is 1.58. The van der Waals surface area contributed by atoms with Crippen LogP contribution in [-0.2, 0) is 14.8 Å². The highest BCUT2D eigenvalue weighted by Gasteiger charge is 2.32. The summed E-state index contributed by atoms with van der Waals surface area (Å²) >= 11 is 0. The molecule has 1 aliphatic rings. The van der Waals surface area contributed by atoms with Crippen molar-refractivity contribution in [2.45, 2.75) is 37.6 Å². The molecule has 9 heteroatoms. The van der Waals surface area contributed by atoms with E-state index in [1.165, 1.54) is 29.4 Å². The molecule has 158 valence electrons. The van der Waals surface area contributed by atoms with Crippen LogP contribution in [0.2, 0.25) is 0 Å². The van der Waals surface area contributed by atoms with Crippen LogP contribution in [0.15, 0.2) is 62.9 Å². The second-order valence-corrected chi connectivity index (χ2v) is 9.47. The molecule has 0 bridgehead atoms. The van der Waals surface area contributed by atoms with Crippen molar-refractivity contribution in [3.05, 3.63) is 59.7 Å². The van der Waals surface area contributed by atoms with Crippen molar-refractivity contribution < 1.29 is 18.3 Å². The number of aromatic hydroxyl groups is 1. The molecule has 0 aromatic heterocycles. The van der Waals surface area contributed by atoms with Crippen LogP contribution < -0.4 is 5.32 Å². The third-order valence-electron chi connectivity index (χ3n) is 4.14. The predicted octanol–water partition coefficient (Wildman–Crippen LogP) is 2.48. The summed E-state index contributed by atoms with van der Waals surface area (Å²) in [5, 5.41) is 18.3. The fourth-order valence-corrected chi connectivity index (χ4v) is 4.13. The predicted molar refractivity (Wildman–Crippen MR) is 115 cm³/mol. The number of nitrogens with one attached hydrogen (secondary N) is 1. The van der Waals surface area contributed by atoms with Gasteiger partial charge in [-0.05, 0) is 50.6 Å². The van der Waals surface area contributed by atoms with Crippen LogP contribution in [0.4, 0.5) is 0 Å². The van der Waals surface area contributed by atoms with E-state index in [1.54, 1.807) is 30.3 Å². The average Bonchev–Trinajstić information content (AvgIpc) is 2.92. The lowest BCUT2D eigenvalue weighted by Crippen LogP contribution is -2.42. The normalized spacial score (nSPS) is 15.0. The Hall–Kier alpha value is -3.20. The maximum atomic E-state index is 12.4. The van der Waals surface area contributed by atoms with E-state index in [9.17, 15) is 18.3 Å². The SMILES string of the molecule is CC(C)(C)NC(=O)CCN(/N=C/c1cccc(O)c1)C1=NS(=O)(=O)c2ccccc21. The molecule has 2 aromatic carbocycles. The molecule has 2 aromatic rings. The van der Waals surface area contributed by atoms with Gasteiger partial charge >= 0.3 is 0 Å². The number of carbonyl (C=O) groups excluding carboxylic acids is 1. The van der Waals surface area contributed by atoms with Crippen LogP contribution in [0.25, 0.3) is 0 Å². The number of hydrogen-bond donors (Lipinski definition) is 2. The van der Waals surface area contributed by atoms with Gasteiger partial charge in [-0.25, -0.2) is 5.01 Å². The van der Waals surface area contributed by atoms with Crippen molar-refractivity contribution in [2.24, 2.45) is 9.50 Å². The maximum Gasteiger partial charge on any atom is 0.285 e. The average molecular weight is 429 g/mol. The molecule has 1 aliphatic heterocycles. The number of amidine groups is 1. The van der Waals surface area contributed by atoms with E-state index in [0.717, 1.165) is 0 Å². The summed E-state index contributed by atoms with van der Waals surface area (Å²) in [7, 11) is -3.82. The van der Waals surface area contributed by atoms with Gasteiger partial charge in [0.25, 0.3) is 10.0 Å². The monoisotopic (exact) mass is 428 g/mol. The number of benzene rings is 2. The van der Waals surface area contributed by atoms with E-state index in [1.807, 2.05) is 20.8 Å². The summed E-state index contributed by atoms with van der Waals surface area (Å²) in [6, 6.07) is 13.0. The second-order valence-electron chi connectivity index (χ2n) is 7.90. The third kappa shape index (κ3) is 5.24. The summed E-state index contributed by atoms with van der Waals surface area (Å²) in [5.41, 5.74) is 0.670. The number of fused-ring (bicyclic) bond motifs is 1. The number of carbonyl (C=O) groups is 1. The fourth-order valence-electron chi connectivity index (χ4n) is 2.92. The van der Waals surface area contributed by atoms with Gasteiger partial charge in [-0.15, -0.1) is 4.40 Å². The Bertz CT molecular complexity index is 1120. The highest BCUT2D eigenvalue weighted by molar-refractivity contribution is 7.90. The lowest BCUT2D eigenvalue weighted by Gasteiger charge is -2.22. The summed E-state index contributed by atoms with van der Waals surface area (Å²) in [4.78, 5) is 12.4. The van der Waals surface area contributed by atoms with E-state index in [-0.39, 0.29) is 40.9 Å². The zero-order valence-electron chi connectivity index (χ0n) is 17.0. The Balaban J connectivity index is 1.91. The zero-order chi connectivity index (χ0) is 21.9. The number of nitrogens with zero attached hydrogens (tertiary/aromatic N) is 3.